The third kappa shape index (κ3) is 6.76. The standard InChI is InChI=1S/C17H29NO6/c1-10(2)15(21)23-16(11(3)4)24-17(22)18-9-12-5-7-13(8-6-12)14(19)20/h10-13,16H,5-9H2,1-4H3,(H,18,22)(H,19,20). The van der Waals surface area contributed by atoms with E-state index in [9.17, 15) is 14.4 Å². The van der Waals surface area contributed by atoms with Gasteiger partial charge in [-0.15, -0.1) is 0 Å². The number of aliphatic carboxylic acids is 1. The van der Waals surface area contributed by atoms with Crippen LogP contribution < -0.4 is 5.32 Å². The highest BCUT2D eigenvalue weighted by atomic mass is 16.7. The van der Waals surface area contributed by atoms with Crippen LogP contribution in [0.3, 0.4) is 0 Å². The first-order valence-electron chi connectivity index (χ1n) is 8.58. The van der Waals surface area contributed by atoms with Gasteiger partial charge >= 0.3 is 18.0 Å². The number of ether oxygens (including phenoxy) is 2. The van der Waals surface area contributed by atoms with Crippen molar-refractivity contribution in [2.24, 2.45) is 23.7 Å². The van der Waals surface area contributed by atoms with Crippen LogP contribution in [0.15, 0.2) is 0 Å². The fraction of sp³-hybridized carbons (Fsp3) is 0.824. The lowest BCUT2D eigenvalue weighted by atomic mass is 9.82. The molecule has 0 aromatic carbocycles. The maximum atomic E-state index is 11.9. The zero-order valence-electron chi connectivity index (χ0n) is 14.9. The number of carboxylic acids is 1. The van der Waals surface area contributed by atoms with Gasteiger partial charge in [0, 0.05) is 12.5 Å². The number of alkyl carbamates (subject to hydrolysis) is 1. The molecule has 0 aromatic rings. The summed E-state index contributed by atoms with van der Waals surface area (Å²) in [4.78, 5) is 34.5. The van der Waals surface area contributed by atoms with Gasteiger partial charge in [-0.2, -0.15) is 0 Å². The molecule has 1 unspecified atom stereocenters. The second kappa shape index (κ2) is 9.49. The molecule has 1 rings (SSSR count). The zero-order valence-corrected chi connectivity index (χ0v) is 14.9. The Morgan fingerprint density at radius 3 is 2.08 bits per heavy atom. The van der Waals surface area contributed by atoms with E-state index < -0.39 is 24.3 Å². The van der Waals surface area contributed by atoms with Crippen molar-refractivity contribution in [3.8, 4) is 0 Å². The second-order valence-electron chi connectivity index (χ2n) is 7.05. The number of esters is 1. The minimum Gasteiger partial charge on any atom is -0.481 e. The van der Waals surface area contributed by atoms with Crippen molar-refractivity contribution >= 4 is 18.0 Å². The molecule has 1 fully saturated rings. The number of hydrogen-bond donors (Lipinski definition) is 2. The van der Waals surface area contributed by atoms with Crippen LogP contribution in [0.25, 0.3) is 0 Å². The molecule has 1 aliphatic carbocycles. The second-order valence-corrected chi connectivity index (χ2v) is 7.05. The molecule has 1 atom stereocenters. The van der Waals surface area contributed by atoms with Crippen molar-refractivity contribution in [1.82, 2.24) is 5.32 Å². The number of hydrogen-bond acceptors (Lipinski definition) is 5. The van der Waals surface area contributed by atoms with Gasteiger partial charge in [0.15, 0.2) is 0 Å². The smallest absolute Gasteiger partial charge is 0.410 e. The number of carbonyl (C=O) groups is 3. The average Bonchev–Trinajstić information content (AvgIpc) is 2.52. The van der Waals surface area contributed by atoms with Crippen molar-refractivity contribution in [3.63, 3.8) is 0 Å². The summed E-state index contributed by atoms with van der Waals surface area (Å²) >= 11 is 0. The molecular formula is C17H29NO6. The van der Waals surface area contributed by atoms with Gasteiger partial charge in [0.05, 0.1) is 11.8 Å². The first-order valence-corrected chi connectivity index (χ1v) is 8.58. The number of nitrogens with one attached hydrogen (secondary N) is 1. The lowest BCUT2D eigenvalue weighted by molar-refractivity contribution is -0.178. The van der Waals surface area contributed by atoms with Crippen molar-refractivity contribution in [1.29, 1.82) is 0 Å². The normalized spacial score (nSPS) is 22.1. The van der Waals surface area contributed by atoms with Gasteiger partial charge < -0.3 is 19.9 Å². The van der Waals surface area contributed by atoms with Crippen LogP contribution in [-0.4, -0.2) is 36.0 Å². The minimum atomic E-state index is -0.914. The molecule has 1 saturated carbocycles. The predicted molar refractivity (Wildman–Crippen MR) is 87.1 cm³/mol. The van der Waals surface area contributed by atoms with E-state index in [1.165, 1.54) is 0 Å². The average molecular weight is 343 g/mol. The van der Waals surface area contributed by atoms with Crippen molar-refractivity contribution < 1.29 is 29.0 Å². The molecule has 0 heterocycles. The molecule has 2 N–H and O–H groups in total. The summed E-state index contributed by atoms with van der Waals surface area (Å²) in [6.45, 7) is 7.48. The summed E-state index contributed by atoms with van der Waals surface area (Å²) in [5.74, 6) is -1.61. The molecule has 7 heteroatoms. The molecule has 1 aliphatic rings. The van der Waals surface area contributed by atoms with Gasteiger partial charge in [-0.05, 0) is 31.6 Å². The molecule has 0 spiro atoms. The highest BCUT2D eigenvalue weighted by Crippen LogP contribution is 2.28. The molecule has 0 radical (unpaired) electrons. The van der Waals surface area contributed by atoms with Crippen molar-refractivity contribution in [2.75, 3.05) is 6.54 Å². The van der Waals surface area contributed by atoms with E-state index in [0.717, 1.165) is 12.8 Å². The van der Waals surface area contributed by atoms with E-state index in [1.807, 2.05) is 0 Å². The third-order valence-electron chi connectivity index (χ3n) is 4.20. The Labute approximate surface area is 143 Å². The fourth-order valence-electron chi connectivity index (χ4n) is 2.54. The van der Waals surface area contributed by atoms with Crippen LogP contribution in [0, 0.1) is 23.7 Å². The van der Waals surface area contributed by atoms with Gasteiger partial charge in [0.1, 0.15) is 0 Å². The molecule has 138 valence electrons. The largest absolute Gasteiger partial charge is 0.481 e. The molecule has 0 aliphatic heterocycles. The Bertz CT molecular complexity index is 440. The van der Waals surface area contributed by atoms with Gasteiger partial charge in [0.25, 0.3) is 6.29 Å². The summed E-state index contributed by atoms with van der Waals surface area (Å²) in [7, 11) is 0. The summed E-state index contributed by atoms with van der Waals surface area (Å²) in [6.07, 6.45) is 1.28. The van der Waals surface area contributed by atoms with Gasteiger partial charge in [0.2, 0.25) is 0 Å². The lowest BCUT2D eigenvalue weighted by Gasteiger charge is -2.27. The van der Waals surface area contributed by atoms with Gasteiger partial charge in [-0.1, -0.05) is 27.7 Å². The first-order chi connectivity index (χ1) is 11.2. The highest BCUT2D eigenvalue weighted by molar-refractivity contribution is 5.72. The molecule has 0 saturated heterocycles. The van der Waals surface area contributed by atoms with Crippen LogP contribution >= 0.6 is 0 Å². The number of amides is 1. The van der Waals surface area contributed by atoms with Crippen molar-refractivity contribution in [3.05, 3.63) is 0 Å². The zero-order chi connectivity index (χ0) is 18.3. The van der Waals surface area contributed by atoms with Crippen LogP contribution in [-0.2, 0) is 19.1 Å². The van der Waals surface area contributed by atoms with Crippen LogP contribution in [0.1, 0.15) is 53.4 Å². The Hall–Kier alpha value is -1.79. The van der Waals surface area contributed by atoms with Crippen molar-refractivity contribution in [2.45, 2.75) is 59.7 Å². The Kier molecular flexibility index (Phi) is 8.01. The van der Waals surface area contributed by atoms with E-state index in [4.69, 9.17) is 14.6 Å². The summed E-state index contributed by atoms with van der Waals surface area (Å²) in [5.41, 5.74) is 0. The Morgan fingerprint density at radius 2 is 1.62 bits per heavy atom. The quantitative estimate of drug-likeness (QED) is 0.544. The Balaban J connectivity index is 2.36. The molecule has 0 aromatic heterocycles. The molecule has 0 bridgehead atoms. The number of rotatable bonds is 7. The predicted octanol–water partition coefficient (Wildman–Crippen LogP) is 2.78. The SMILES string of the molecule is CC(C)C(=O)OC(OC(=O)NCC1CCC(C(=O)O)CC1)C(C)C. The monoisotopic (exact) mass is 343 g/mol. The van der Waals surface area contributed by atoms with E-state index in [1.54, 1.807) is 27.7 Å². The van der Waals surface area contributed by atoms with Gasteiger partial charge in [-0.25, -0.2) is 4.79 Å². The van der Waals surface area contributed by atoms with Crippen LogP contribution in [0.5, 0.6) is 0 Å². The van der Waals surface area contributed by atoms with Crippen LogP contribution in [0.4, 0.5) is 4.79 Å². The summed E-state index contributed by atoms with van der Waals surface area (Å²) < 4.78 is 10.4. The highest BCUT2D eigenvalue weighted by Gasteiger charge is 2.27. The molecular weight excluding hydrogens is 314 g/mol. The van der Waals surface area contributed by atoms with E-state index in [0.29, 0.717) is 19.4 Å². The first kappa shape index (κ1) is 20.3. The lowest BCUT2D eigenvalue weighted by Crippen LogP contribution is -2.38. The fourth-order valence-corrected chi connectivity index (χ4v) is 2.54. The Morgan fingerprint density at radius 1 is 1.04 bits per heavy atom. The maximum Gasteiger partial charge on any atom is 0.410 e. The maximum absolute atomic E-state index is 11.9. The van der Waals surface area contributed by atoms with E-state index in [-0.39, 0.29) is 23.7 Å². The third-order valence-corrected chi connectivity index (χ3v) is 4.20. The van der Waals surface area contributed by atoms with E-state index in [2.05, 4.69) is 5.32 Å². The topological polar surface area (TPSA) is 102 Å². The number of carboxylic acid groups (broad SMARTS) is 1. The number of carbonyl (C=O) groups excluding carboxylic acids is 2. The minimum absolute atomic E-state index is 0.149. The molecule has 1 amide bonds. The van der Waals surface area contributed by atoms with Gasteiger partial charge in [-0.3, -0.25) is 9.59 Å². The molecule has 7 nitrogen and oxygen atoms in total. The van der Waals surface area contributed by atoms with Crippen LogP contribution in [0.2, 0.25) is 0 Å². The van der Waals surface area contributed by atoms with E-state index >= 15 is 0 Å². The molecule has 24 heavy (non-hydrogen) atoms. The summed E-state index contributed by atoms with van der Waals surface area (Å²) in [6, 6.07) is 0. The summed E-state index contributed by atoms with van der Waals surface area (Å²) in [5, 5.41) is 11.7.